The second-order valence-corrected chi connectivity index (χ2v) is 6.78. The number of anilines is 1. The number of carbonyl (C=O) groups is 2. The molecule has 0 bridgehead atoms. The van der Waals surface area contributed by atoms with Crippen molar-refractivity contribution >= 4 is 39.5 Å². The Morgan fingerprint density at radius 3 is 2.95 bits per heavy atom. The summed E-state index contributed by atoms with van der Waals surface area (Å²) >= 11 is 3.09. The summed E-state index contributed by atoms with van der Waals surface area (Å²) in [7, 11) is 0. The Balaban J connectivity index is 1.73. The van der Waals surface area contributed by atoms with E-state index in [1.807, 2.05) is 4.90 Å². The van der Waals surface area contributed by atoms with Crippen molar-refractivity contribution in [3.8, 4) is 0 Å². The van der Waals surface area contributed by atoms with Crippen LogP contribution in [0.4, 0.5) is 5.00 Å². The van der Waals surface area contributed by atoms with Gasteiger partial charge in [-0.1, -0.05) is 0 Å². The molecule has 0 radical (unpaired) electrons. The highest BCUT2D eigenvalue weighted by Crippen LogP contribution is 2.28. The number of rotatable bonds is 2. The second-order valence-electron chi connectivity index (χ2n) is 4.69. The van der Waals surface area contributed by atoms with Crippen LogP contribution in [0.3, 0.4) is 0 Å². The van der Waals surface area contributed by atoms with E-state index in [1.165, 1.54) is 28.7 Å². The molecule has 0 atom stereocenters. The van der Waals surface area contributed by atoms with Gasteiger partial charge in [-0.05, 0) is 35.6 Å². The van der Waals surface area contributed by atoms with Crippen LogP contribution in [0, 0.1) is 0 Å². The van der Waals surface area contributed by atoms with Gasteiger partial charge in [-0.25, -0.2) is 0 Å². The fourth-order valence-electron chi connectivity index (χ4n) is 2.27. The van der Waals surface area contributed by atoms with E-state index in [2.05, 4.69) is 16.8 Å². The lowest BCUT2D eigenvalue weighted by molar-refractivity contribution is -0.114. The number of nitrogens with zero attached hydrogens (tertiary/aromatic N) is 1. The monoisotopic (exact) mass is 306 g/mol. The average Bonchev–Trinajstić information content (AvgIpc) is 3.04. The van der Waals surface area contributed by atoms with Crippen molar-refractivity contribution in [2.75, 3.05) is 11.9 Å². The summed E-state index contributed by atoms with van der Waals surface area (Å²) in [5.41, 5.74) is 1.26. The minimum absolute atomic E-state index is 0.0449. The van der Waals surface area contributed by atoms with Gasteiger partial charge in [-0.3, -0.25) is 9.59 Å². The minimum atomic E-state index is -0.119. The van der Waals surface area contributed by atoms with Crippen LogP contribution in [-0.2, 0) is 17.8 Å². The van der Waals surface area contributed by atoms with Gasteiger partial charge in [-0.2, -0.15) is 0 Å². The van der Waals surface area contributed by atoms with Gasteiger partial charge < -0.3 is 10.2 Å². The molecule has 104 valence electrons. The van der Waals surface area contributed by atoms with Crippen LogP contribution in [-0.4, -0.2) is 23.3 Å². The average molecular weight is 306 g/mol. The van der Waals surface area contributed by atoms with Gasteiger partial charge in [0.25, 0.3) is 5.91 Å². The van der Waals surface area contributed by atoms with Crippen molar-refractivity contribution in [2.24, 2.45) is 0 Å². The van der Waals surface area contributed by atoms with Crippen LogP contribution in [0.2, 0.25) is 0 Å². The summed E-state index contributed by atoms with van der Waals surface area (Å²) in [6, 6.07) is 5.65. The van der Waals surface area contributed by atoms with E-state index < -0.39 is 0 Å². The molecule has 6 heteroatoms. The van der Waals surface area contributed by atoms with Gasteiger partial charge in [-0.15, -0.1) is 22.7 Å². The quantitative estimate of drug-likeness (QED) is 0.927. The number of nitrogens with one attached hydrogen (secondary N) is 1. The van der Waals surface area contributed by atoms with Crippen LogP contribution in [0.15, 0.2) is 23.6 Å². The molecule has 0 unspecified atom stereocenters. The molecule has 20 heavy (non-hydrogen) atoms. The first-order valence-electron chi connectivity index (χ1n) is 6.35. The van der Waals surface area contributed by atoms with Gasteiger partial charge in [0.1, 0.15) is 0 Å². The van der Waals surface area contributed by atoms with Gasteiger partial charge >= 0.3 is 0 Å². The van der Waals surface area contributed by atoms with E-state index in [1.54, 1.807) is 23.5 Å². The predicted octanol–water partition coefficient (Wildman–Crippen LogP) is 2.97. The molecular formula is C14H14N2O2S2. The summed E-state index contributed by atoms with van der Waals surface area (Å²) in [4.78, 5) is 27.4. The van der Waals surface area contributed by atoms with E-state index in [4.69, 9.17) is 0 Å². The molecular weight excluding hydrogens is 292 g/mol. The van der Waals surface area contributed by atoms with Crippen molar-refractivity contribution in [3.63, 3.8) is 0 Å². The fraction of sp³-hybridized carbons (Fsp3) is 0.286. The molecule has 0 saturated carbocycles. The van der Waals surface area contributed by atoms with Crippen LogP contribution in [0.5, 0.6) is 0 Å². The summed E-state index contributed by atoms with van der Waals surface area (Å²) in [6.07, 6.45) is 0.933. The van der Waals surface area contributed by atoms with Crippen LogP contribution in [0.25, 0.3) is 0 Å². The van der Waals surface area contributed by atoms with E-state index in [0.29, 0.717) is 16.4 Å². The van der Waals surface area contributed by atoms with Gasteiger partial charge in [0, 0.05) is 24.9 Å². The zero-order valence-corrected chi connectivity index (χ0v) is 12.6. The maximum absolute atomic E-state index is 12.5. The van der Waals surface area contributed by atoms with Crippen LogP contribution in [0.1, 0.15) is 27.0 Å². The Hall–Kier alpha value is -1.66. The lowest BCUT2D eigenvalue weighted by Crippen LogP contribution is -2.34. The molecule has 0 spiro atoms. The highest BCUT2D eigenvalue weighted by Gasteiger charge is 2.23. The number of carbonyl (C=O) groups excluding carboxylic acids is 2. The van der Waals surface area contributed by atoms with E-state index in [0.717, 1.165) is 13.0 Å². The van der Waals surface area contributed by atoms with Crippen LogP contribution < -0.4 is 5.32 Å². The molecule has 2 amide bonds. The third-order valence-electron chi connectivity index (χ3n) is 3.21. The zero-order valence-electron chi connectivity index (χ0n) is 11.0. The molecule has 3 rings (SSSR count). The maximum Gasteiger partial charge on any atom is 0.264 e. The Morgan fingerprint density at radius 2 is 2.15 bits per heavy atom. The molecule has 3 heterocycles. The molecule has 1 N–H and O–H groups in total. The Kier molecular flexibility index (Phi) is 3.58. The highest BCUT2D eigenvalue weighted by atomic mass is 32.1. The normalized spacial score (nSPS) is 13.9. The molecule has 0 aromatic carbocycles. The van der Waals surface area contributed by atoms with E-state index in [-0.39, 0.29) is 11.8 Å². The minimum Gasteiger partial charge on any atom is -0.333 e. The SMILES string of the molecule is CC(=O)Nc1ccc(C(=O)N2CCc3sccc3C2)s1. The number of amides is 2. The largest absolute Gasteiger partial charge is 0.333 e. The second kappa shape index (κ2) is 5.38. The molecule has 4 nitrogen and oxygen atoms in total. The van der Waals surface area contributed by atoms with Crippen molar-refractivity contribution in [3.05, 3.63) is 38.9 Å². The summed E-state index contributed by atoms with van der Waals surface area (Å²) < 4.78 is 0. The Labute approximate surface area is 125 Å². The molecule has 0 fully saturated rings. The number of fused-ring (bicyclic) bond motifs is 1. The van der Waals surface area contributed by atoms with Crippen molar-refractivity contribution in [2.45, 2.75) is 19.9 Å². The number of thiophene rings is 2. The number of hydrogen-bond acceptors (Lipinski definition) is 4. The van der Waals surface area contributed by atoms with E-state index >= 15 is 0 Å². The fourth-order valence-corrected chi connectivity index (χ4v) is 4.08. The summed E-state index contributed by atoms with van der Waals surface area (Å²) in [6.45, 7) is 2.91. The molecule has 1 aliphatic rings. The van der Waals surface area contributed by atoms with Crippen molar-refractivity contribution in [1.82, 2.24) is 4.90 Å². The van der Waals surface area contributed by atoms with Crippen LogP contribution >= 0.6 is 22.7 Å². The lowest BCUT2D eigenvalue weighted by atomic mass is 10.1. The van der Waals surface area contributed by atoms with Crippen molar-refractivity contribution in [1.29, 1.82) is 0 Å². The first-order valence-corrected chi connectivity index (χ1v) is 8.05. The Bertz CT molecular complexity index is 660. The van der Waals surface area contributed by atoms with E-state index in [9.17, 15) is 9.59 Å². The highest BCUT2D eigenvalue weighted by molar-refractivity contribution is 7.18. The molecule has 0 saturated heterocycles. The third kappa shape index (κ3) is 2.62. The van der Waals surface area contributed by atoms with Gasteiger partial charge in [0.05, 0.1) is 9.88 Å². The smallest absolute Gasteiger partial charge is 0.264 e. The van der Waals surface area contributed by atoms with Gasteiger partial charge in [0.2, 0.25) is 5.91 Å². The maximum atomic E-state index is 12.5. The standard InChI is InChI=1S/C14H14N2O2S2/c1-9(17)15-13-3-2-12(20-13)14(18)16-6-4-11-10(8-16)5-7-19-11/h2-3,5,7H,4,6,8H2,1H3,(H,15,17). The molecule has 0 aliphatic carbocycles. The van der Waals surface area contributed by atoms with Gasteiger partial charge in [0.15, 0.2) is 0 Å². The topological polar surface area (TPSA) is 49.4 Å². The zero-order chi connectivity index (χ0) is 14.1. The first-order chi connectivity index (χ1) is 9.63. The number of hydrogen-bond donors (Lipinski definition) is 1. The molecule has 2 aromatic rings. The third-order valence-corrected chi connectivity index (χ3v) is 5.22. The summed E-state index contributed by atoms with van der Waals surface area (Å²) in [5, 5.41) is 5.50. The lowest BCUT2D eigenvalue weighted by Gasteiger charge is -2.26. The Morgan fingerprint density at radius 1 is 1.30 bits per heavy atom. The molecule has 2 aromatic heterocycles. The summed E-state index contributed by atoms with van der Waals surface area (Å²) in [5.74, 6) is -0.0739. The van der Waals surface area contributed by atoms with Crippen molar-refractivity contribution < 1.29 is 9.59 Å². The predicted molar refractivity (Wildman–Crippen MR) is 81.4 cm³/mol. The first kappa shape index (κ1) is 13.3. The molecule has 1 aliphatic heterocycles.